The van der Waals surface area contributed by atoms with Crippen LogP contribution in [-0.2, 0) is 4.74 Å². The third-order valence-corrected chi connectivity index (χ3v) is 3.91. The van der Waals surface area contributed by atoms with Gasteiger partial charge in [0.25, 0.3) is 5.91 Å². The fraction of sp³-hybridized carbons (Fsp3) is 0.167. The normalized spacial score (nSPS) is 12.2. The SMILES string of the molecule is CCOC(=O)c1cnn2ccc(NC(=O)c3ccc4c(c3)OCO4)cc12. The Morgan fingerprint density at radius 1 is 1.23 bits per heavy atom. The third-order valence-electron chi connectivity index (χ3n) is 3.91. The molecule has 1 aliphatic heterocycles. The molecule has 3 aromatic rings. The molecule has 8 heteroatoms. The standard InChI is InChI=1S/C18H15N3O5/c1-2-24-18(23)13-9-19-21-6-5-12(8-14(13)21)20-17(22)11-3-4-15-16(7-11)26-10-25-15/h3-9H,2,10H2,1H3,(H,20,22). The summed E-state index contributed by atoms with van der Waals surface area (Å²) < 4.78 is 17.1. The van der Waals surface area contributed by atoms with E-state index in [2.05, 4.69) is 10.4 Å². The minimum absolute atomic E-state index is 0.148. The molecule has 2 aromatic heterocycles. The van der Waals surface area contributed by atoms with Gasteiger partial charge in [0.15, 0.2) is 11.5 Å². The van der Waals surface area contributed by atoms with E-state index in [1.807, 2.05) is 0 Å². The fourth-order valence-corrected chi connectivity index (χ4v) is 2.67. The number of benzene rings is 1. The van der Waals surface area contributed by atoms with Crippen LogP contribution in [-0.4, -0.2) is 34.9 Å². The first-order valence-corrected chi connectivity index (χ1v) is 8.01. The van der Waals surface area contributed by atoms with Crippen molar-refractivity contribution >= 4 is 23.1 Å². The molecule has 0 atom stereocenters. The first-order chi connectivity index (χ1) is 12.7. The summed E-state index contributed by atoms with van der Waals surface area (Å²) in [5.41, 5.74) is 1.86. The average molecular weight is 353 g/mol. The quantitative estimate of drug-likeness (QED) is 0.725. The molecule has 0 saturated carbocycles. The van der Waals surface area contributed by atoms with Gasteiger partial charge in [-0.2, -0.15) is 5.10 Å². The van der Waals surface area contributed by atoms with E-state index in [0.717, 1.165) is 0 Å². The third kappa shape index (κ3) is 2.81. The van der Waals surface area contributed by atoms with Gasteiger partial charge in [0.1, 0.15) is 5.56 Å². The van der Waals surface area contributed by atoms with Gasteiger partial charge in [-0.25, -0.2) is 9.31 Å². The summed E-state index contributed by atoms with van der Waals surface area (Å²) in [6.07, 6.45) is 3.10. The Labute approximate surface area is 148 Å². The maximum absolute atomic E-state index is 12.5. The number of pyridine rings is 1. The molecular formula is C18H15N3O5. The van der Waals surface area contributed by atoms with E-state index in [0.29, 0.717) is 33.8 Å². The highest BCUT2D eigenvalue weighted by Gasteiger charge is 2.17. The van der Waals surface area contributed by atoms with E-state index in [1.54, 1.807) is 48.0 Å². The zero-order valence-corrected chi connectivity index (χ0v) is 13.9. The molecular weight excluding hydrogens is 338 g/mol. The second-order valence-corrected chi connectivity index (χ2v) is 5.55. The van der Waals surface area contributed by atoms with E-state index < -0.39 is 5.97 Å². The van der Waals surface area contributed by atoms with Gasteiger partial charge in [0.05, 0.1) is 18.3 Å². The number of aromatic nitrogens is 2. The number of fused-ring (bicyclic) bond motifs is 2. The minimum atomic E-state index is -0.457. The molecule has 1 N–H and O–H groups in total. The van der Waals surface area contributed by atoms with Gasteiger partial charge in [-0.05, 0) is 37.3 Å². The minimum Gasteiger partial charge on any atom is -0.462 e. The second kappa shape index (κ2) is 6.40. The Balaban J connectivity index is 1.59. The molecule has 0 unspecified atom stereocenters. The molecule has 26 heavy (non-hydrogen) atoms. The first kappa shape index (κ1) is 15.9. The molecule has 1 aliphatic rings. The van der Waals surface area contributed by atoms with Crippen LogP contribution in [0.5, 0.6) is 11.5 Å². The van der Waals surface area contributed by atoms with Crippen LogP contribution >= 0.6 is 0 Å². The molecule has 0 fully saturated rings. The maximum Gasteiger partial charge on any atom is 0.341 e. The lowest BCUT2D eigenvalue weighted by molar-refractivity contribution is 0.0528. The molecule has 3 heterocycles. The van der Waals surface area contributed by atoms with Crippen molar-refractivity contribution in [3.05, 3.63) is 53.9 Å². The number of carbonyl (C=O) groups excluding carboxylic acids is 2. The molecule has 4 rings (SSSR count). The molecule has 0 radical (unpaired) electrons. The zero-order chi connectivity index (χ0) is 18.1. The van der Waals surface area contributed by atoms with Crippen molar-refractivity contribution in [1.82, 2.24) is 9.61 Å². The van der Waals surface area contributed by atoms with Crippen molar-refractivity contribution in [3.63, 3.8) is 0 Å². The summed E-state index contributed by atoms with van der Waals surface area (Å²) in [5, 5.41) is 6.91. The lowest BCUT2D eigenvalue weighted by atomic mass is 10.2. The van der Waals surface area contributed by atoms with Crippen LogP contribution in [0, 0.1) is 0 Å². The Morgan fingerprint density at radius 2 is 2.08 bits per heavy atom. The number of rotatable bonds is 4. The number of ether oxygens (including phenoxy) is 3. The van der Waals surface area contributed by atoms with Crippen LogP contribution in [0.25, 0.3) is 5.52 Å². The summed E-state index contributed by atoms with van der Waals surface area (Å²) in [6, 6.07) is 8.34. The largest absolute Gasteiger partial charge is 0.462 e. The Hall–Kier alpha value is -3.55. The van der Waals surface area contributed by atoms with E-state index in [1.165, 1.54) is 6.20 Å². The summed E-state index contributed by atoms with van der Waals surface area (Å²) in [5.74, 6) is 0.390. The predicted octanol–water partition coefficient (Wildman–Crippen LogP) is 2.49. The van der Waals surface area contributed by atoms with Gasteiger partial charge in [0, 0.05) is 17.4 Å². The maximum atomic E-state index is 12.5. The number of anilines is 1. The highest BCUT2D eigenvalue weighted by Crippen LogP contribution is 2.32. The molecule has 0 aliphatic carbocycles. The predicted molar refractivity (Wildman–Crippen MR) is 91.7 cm³/mol. The van der Waals surface area contributed by atoms with Crippen LogP contribution in [0.1, 0.15) is 27.6 Å². The molecule has 0 spiro atoms. The van der Waals surface area contributed by atoms with Crippen LogP contribution in [0.2, 0.25) is 0 Å². The topological polar surface area (TPSA) is 91.2 Å². The van der Waals surface area contributed by atoms with Gasteiger partial charge in [0.2, 0.25) is 6.79 Å². The van der Waals surface area contributed by atoms with Crippen LogP contribution in [0.3, 0.4) is 0 Å². The Bertz CT molecular complexity index is 1010. The highest BCUT2D eigenvalue weighted by molar-refractivity contribution is 6.05. The fourth-order valence-electron chi connectivity index (χ4n) is 2.67. The number of carbonyl (C=O) groups is 2. The van der Waals surface area contributed by atoms with E-state index in [-0.39, 0.29) is 19.3 Å². The van der Waals surface area contributed by atoms with Crippen LogP contribution in [0.15, 0.2) is 42.7 Å². The average Bonchev–Trinajstić information content (AvgIpc) is 3.27. The molecule has 0 bridgehead atoms. The molecule has 132 valence electrons. The molecule has 0 saturated heterocycles. The van der Waals surface area contributed by atoms with E-state index in [9.17, 15) is 9.59 Å². The van der Waals surface area contributed by atoms with Gasteiger partial charge >= 0.3 is 5.97 Å². The van der Waals surface area contributed by atoms with Crippen molar-refractivity contribution in [1.29, 1.82) is 0 Å². The zero-order valence-electron chi connectivity index (χ0n) is 13.9. The van der Waals surface area contributed by atoms with Gasteiger partial charge in [-0.1, -0.05) is 0 Å². The summed E-state index contributed by atoms with van der Waals surface area (Å²) in [7, 11) is 0. The smallest absolute Gasteiger partial charge is 0.341 e. The highest BCUT2D eigenvalue weighted by atomic mass is 16.7. The van der Waals surface area contributed by atoms with Gasteiger partial charge in [-0.3, -0.25) is 4.79 Å². The van der Waals surface area contributed by atoms with Crippen molar-refractivity contribution < 1.29 is 23.8 Å². The molecule has 1 amide bonds. The first-order valence-electron chi connectivity index (χ1n) is 8.01. The Kier molecular flexibility index (Phi) is 3.92. The second-order valence-electron chi connectivity index (χ2n) is 5.55. The van der Waals surface area contributed by atoms with Crippen molar-refractivity contribution in [2.24, 2.45) is 0 Å². The van der Waals surface area contributed by atoms with Crippen LogP contribution in [0.4, 0.5) is 5.69 Å². The van der Waals surface area contributed by atoms with Gasteiger partial charge in [-0.15, -0.1) is 0 Å². The number of nitrogens with one attached hydrogen (secondary N) is 1. The number of hydrogen-bond acceptors (Lipinski definition) is 6. The lowest BCUT2D eigenvalue weighted by Gasteiger charge is -2.07. The number of hydrogen-bond donors (Lipinski definition) is 1. The van der Waals surface area contributed by atoms with Crippen molar-refractivity contribution in [3.8, 4) is 11.5 Å². The van der Waals surface area contributed by atoms with Crippen molar-refractivity contribution in [2.45, 2.75) is 6.92 Å². The van der Waals surface area contributed by atoms with Gasteiger partial charge < -0.3 is 19.5 Å². The summed E-state index contributed by atoms with van der Waals surface area (Å²) in [6.45, 7) is 2.16. The number of amides is 1. The summed E-state index contributed by atoms with van der Waals surface area (Å²) in [4.78, 5) is 24.5. The van der Waals surface area contributed by atoms with E-state index in [4.69, 9.17) is 14.2 Å². The molecule has 8 nitrogen and oxygen atoms in total. The number of nitrogens with zero attached hydrogens (tertiary/aromatic N) is 2. The Morgan fingerprint density at radius 3 is 2.92 bits per heavy atom. The van der Waals surface area contributed by atoms with Crippen LogP contribution < -0.4 is 14.8 Å². The van der Waals surface area contributed by atoms with Crippen molar-refractivity contribution in [2.75, 3.05) is 18.7 Å². The van der Waals surface area contributed by atoms with E-state index >= 15 is 0 Å². The summed E-state index contributed by atoms with van der Waals surface area (Å²) >= 11 is 0. The molecule has 1 aromatic carbocycles. The lowest BCUT2D eigenvalue weighted by Crippen LogP contribution is -2.12. The number of esters is 1. The monoisotopic (exact) mass is 353 g/mol.